The number of anilines is 1. The summed E-state index contributed by atoms with van der Waals surface area (Å²) in [6.45, 7) is 0. The summed E-state index contributed by atoms with van der Waals surface area (Å²) in [5, 5.41) is 7.94. The summed E-state index contributed by atoms with van der Waals surface area (Å²) in [6.07, 6.45) is 1.68. The van der Waals surface area contributed by atoms with E-state index in [1.54, 1.807) is 18.3 Å². The zero-order valence-corrected chi connectivity index (χ0v) is 15.8. The highest BCUT2D eigenvalue weighted by Crippen LogP contribution is 2.29. The van der Waals surface area contributed by atoms with E-state index in [-0.39, 0.29) is 5.91 Å². The Bertz CT molecular complexity index is 1340. The maximum atomic E-state index is 13.0. The van der Waals surface area contributed by atoms with Crippen molar-refractivity contribution in [1.29, 1.82) is 0 Å². The molecule has 6 heteroatoms. The quantitative estimate of drug-likeness (QED) is 0.454. The van der Waals surface area contributed by atoms with Gasteiger partial charge in [0.15, 0.2) is 0 Å². The van der Waals surface area contributed by atoms with E-state index in [9.17, 15) is 4.79 Å². The number of carbonyl (C=O) groups is 1. The first-order chi connectivity index (χ1) is 14.8. The smallest absolute Gasteiger partial charge is 0.260 e. The van der Waals surface area contributed by atoms with Crippen LogP contribution in [-0.2, 0) is 0 Å². The monoisotopic (exact) mass is 392 g/mol. The molecule has 0 bridgehead atoms. The summed E-state index contributed by atoms with van der Waals surface area (Å²) in [4.78, 5) is 21.9. The molecule has 30 heavy (non-hydrogen) atoms. The lowest BCUT2D eigenvalue weighted by molar-refractivity contribution is 0.102. The summed E-state index contributed by atoms with van der Waals surface area (Å²) >= 11 is 0. The molecule has 0 saturated heterocycles. The van der Waals surface area contributed by atoms with Gasteiger partial charge in [0.25, 0.3) is 11.8 Å². The summed E-state index contributed by atoms with van der Waals surface area (Å²) < 4.78 is 5.48. The average Bonchev–Trinajstić information content (AvgIpc) is 3.30. The number of para-hydroxylation sites is 2. The average molecular weight is 392 g/mol. The summed E-state index contributed by atoms with van der Waals surface area (Å²) in [5.41, 5.74) is 3.24. The number of benzene rings is 3. The van der Waals surface area contributed by atoms with Gasteiger partial charge in [0, 0.05) is 17.1 Å². The number of hydrogen-bond donors (Lipinski definition) is 1. The second kappa shape index (κ2) is 7.60. The van der Waals surface area contributed by atoms with Gasteiger partial charge in [-0.3, -0.25) is 9.78 Å². The number of fused-ring (bicyclic) bond motifs is 1. The molecule has 0 saturated carbocycles. The number of pyridine rings is 1. The van der Waals surface area contributed by atoms with Gasteiger partial charge in [-0.15, -0.1) is 0 Å². The number of aromatic nitrogens is 3. The molecule has 6 nitrogen and oxygen atoms in total. The molecule has 0 atom stereocenters. The van der Waals surface area contributed by atoms with Crippen molar-refractivity contribution in [3.05, 3.63) is 96.7 Å². The molecule has 1 amide bonds. The Morgan fingerprint density at radius 1 is 0.833 bits per heavy atom. The second-order valence-electron chi connectivity index (χ2n) is 6.67. The van der Waals surface area contributed by atoms with Crippen LogP contribution in [0.1, 0.15) is 10.4 Å². The minimum atomic E-state index is -0.255. The van der Waals surface area contributed by atoms with Crippen molar-refractivity contribution in [3.8, 4) is 22.8 Å². The van der Waals surface area contributed by atoms with Crippen LogP contribution in [0.5, 0.6) is 0 Å². The van der Waals surface area contributed by atoms with E-state index < -0.39 is 0 Å². The van der Waals surface area contributed by atoms with Crippen molar-refractivity contribution in [2.45, 2.75) is 0 Å². The number of carbonyl (C=O) groups excluding carboxylic acids is 1. The predicted octanol–water partition coefficient (Wildman–Crippen LogP) is 5.20. The fourth-order valence-electron chi connectivity index (χ4n) is 3.29. The highest BCUT2D eigenvalue weighted by molar-refractivity contribution is 6.12. The SMILES string of the molecule is O=C(Nc1ccccc1-c1nc(-c2ccccc2)no1)c1cccc2cccnc12. The van der Waals surface area contributed by atoms with Crippen molar-refractivity contribution >= 4 is 22.5 Å². The second-order valence-corrected chi connectivity index (χ2v) is 6.67. The standard InChI is InChI=1S/C24H16N4O2/c29-23(19-13-6-10-16-11-7-15-25-21(16)19)26-20-14-5-4-12-18(20)24-27-22(28-30-24)17-8-2-1-3-9-17/h1-15H,(H,26,29). The molecule has 144 valence electrons. The number of hydrogen-bond acceptors (Lipinski definition) is 5. The van der Waals surface area contributed by atoms with E-state index in [1.165, 1.54) is 0 Å². The van der Waals surface area contributed by atoms with Gasteiger partial charge in [0.1, 0.15) is 0 Å². The fourth-order valence-corrected chi connectivity index (χ4v) is 3.29. The van der Waals surface area contributed by atoms with Gasteiger partial charge in [0.2, 0.25) is 5.82 Å². The normalized spacial score (nSPS) is 10.8. The Labute approximate surface area is 172 Å². The minimum absolute atomic E-state index is 0.255. The molecule has 0 spiro atoms. The van der Waals surface area contributed by atoms with E-state index in [0.29, 0.717) is 34.0 Å². The molecule has 0 aliphatic heterocycles. The zero-order valence-electron chi connectivity index (χ0n) is 15.8. The van der Waals surface area contributed by atoms with Crippen molar-refractivity contribution in [2.24, 2.45) is 0 Å². The Balaban J connectivity index is 1.49. The van der Waals surface area contributed by atoms with Gasteiger partial charge in [-0.05, 0) is 24.3 Å². The lowest BCUT2D eigenvalue weighted by Gasteiger charge is -2.10. The van der Waals surface area contributed by atoms with E-state index in [2.05, 4.69) is 20.4 Å². The predicted molar refractivity (Wildman–Crippen MR) is 115 cm³/mol. The van der Waals surface area contributed by atoms with Gasteiger partial charge < -0.3 is 9.84 Å². The third-order valence-corrected chi connectivity index (χ3v) is 4.74. The maximum absolute atomic E-state index is 13.0. The van der Waals surface area contributed by atoms with Gasteiger partial charge in [-0.1, -0.05) is 65.8 Å². The largest absolute Gasteiger partial charge is 0.334 e. The molecule has 3 aromatic carbocycles. The van der Waals surface area contributed by atoms with Gasteiger partial charge in [0.05, 0.1) is 22.3 Å². The molecule has 0 unspecified atom stereocenters. The lowest BCUT2D eigenvalue weighted by atomic mass is 10.1. The van der Waals surface area contributed by atoms with Crippen LogP contribution in [0.15, 0.2) is 95.6 Å². The highest BCUT2D eigenvalue weighted by Gasteiger charge is 2.17. The van der Waals surface area contributed by atoms with Crippen molar-refractivity contribution in [1.82, 2.24) is 15.1 Å². The molecule has 1 N–H and O–H groups in total. The first-order valence-corrected chi connectivity index (χ1v) is 9.43. The number of nitrogens with zero attached hydrogens (tertiary/aromatic N) is 3. The maximum Gasteiger partial charge on any atom is 0.260 e. The van der Waals surface area contributed by atoms with Gasteiger partial charge in [-0.25, -0.2) is 0 Å². The molecule has 2 heterocycles. The highest BCUT2D eigenvalue weighted by atomic mass is 16.5. The first-order valence-electron chi connectivity index (χ1n) is 9.43. The van der Waals surface area contributed by atoms with Crippen LogP contribution in [0.2, 0.25) is 0 Å². The Morgan fingerprint density at radius 3 is 2.53 bits per heavy atom. The summed E-state index contributed by atoms with van der Waals surface area (Å²) in [7, 11) is 0. The minimum Gasteiger partial charge on any atom is -0.334 e. The zero-order chi connectivity index (χ0) is 20.3. The van der Waals surface area contributed by atoms with Crippen LogP contribution < -0.4 is 5.32 Å². The molecule has 0 radical (unpaired) electrons. The molecule has 0 aliphatic carbocycles. The van der Waals surface area contributed by atoms with Crippen LogP contribution in [0.25, 0.3) is 33.7 Å². The Kier molecular flexibility index (Phi) is 4.50. The van der Waals surface area contributed by atoms with Crippen molar-refractivity contribution in [3.63, 3.8) is 0 Å². The summed E-state index contributed by atoms with van der Waals surface area (Å²) in [5.74, 6) is 0.570. The third-order valence-electron chi connectivity index (χ3n) is 4.74. The van der Waals surface area contributed by atoms with Crippen molar-refractivity contribution in [2.75, 3.05) is 5.32 Å². The van der Waals surface area contributed by atoms with Gasteiger partial charge >= 0.3 is 0 Å². The van der Waals surface area contributed by atoms with Gasteiger partial charge in [-0.2, -0.15) is 4.98 Å². The topological polar surface area (TPSA) is 80.9 Å². The van der Waals surface area contributed by atoms with E-state index in [1.807, 2.05) is 72.8 Å². The van der Waals surface area contributed by atoms with E-state index in [4.69, 9.17) is 4.52 Å². The van der Waals surface area contributed by atoms with Crippen LogP contribution in [0.3, 0.4) is 0 Å². The van der Waals surface area contributed by atoms with Crippen LogP contribution in [0.4, 0.5) is 5.69 Å². The molecule has 2 aromatic heterocycles. The fraction of sp³-hybridized carbons (Fsp3) is 0. The Hall–Kier alpha value is -4.32. The molecule has 5 rings (SSSR count). The summed E-state index contributed by atoms with van der Waals surface area (Å²) in [6, 6.07) is 26.2. The lowest BCUT2D eigenvalue weighted by Crippen LogP contribution is -2.13. The molecular weight excluding hydrogens is 376 g/mol. The number of rotatable bonds is 4. The first kappa shape index (κ1) is 17.8. The van der Waals surface area contributed by atoms with Crippen molar-refractivity contribution < 1.29 is 9.32 Å². The number of nitrogens with one attached hydrogen (secondary N) is 1. The van der Waals surface area contributed by atoms with E-state index in [0.717, 1.165) is 10.9 Å². The molecule has 0 fully saturated rings. The van der Waals surface area contributed by atoms with Crippen LogP contribution >= 0.6 is 0 Å². The van der Waals surface area contributed by atoms with Crippen LogP contribution in [-0.4, -0.2) is 21.0 Å². The van der Waals surface area contributed by atoms with E-state index >= 15 is 0 Å². The number of amides is 1. The molecule has 0 aliphatic rings. The van der Waals surface area contributed by atoms with Crippen LogP contribution in [0, 0.1) is 0 Å². The molecule has 5 aromatic rings. The molecular formula is C24H16N4O2. The Morgan fingerprint density at radius 2 is 1.63 bits per heavy atom. The third kappa shape index (κ3) is 3.31.